The lowest BCUT2D eigenvalue weighted by Crippen LogP contribution is -2.29. The van der Waals surface area contributed by atoms with Crippen LogP contribution in [0.15, 0.2) is 16.8 Å². The average molecular weight is 286 g/mol. The van der Waals surface area contributed by atoms with Crippen molar-refractivity contribution in [3.05, 3.63) is 29.3 Å². The van der Waals surface area contributed by atoms with Crippen molar-refractivity contribution in [1.29, 1.82) is 0 Å². The third kappa shape index (κ3) is 3.47. The lowest BCUT2D eigenvalue weighted by molar-refractivity contribution is 0.327. The molecule has 0 spiro atoms. The molecule has 2 aromatic rings. The molecule has 1 saturated heterocycles. The number of aromatic nitrogens is 3. The summed E-state index contributed by atoms with van der Waals surface area (Å²) in [6, 6.07) is 2.09. The summed E-state index contributed by atoms with van der Waals surface area (Å²) >= 11 is 0. The second-order valence-electron chi connectivity index (χ2n) is 5.94. The third-order valence-corrected chi connectivity index (χ3v) is 4.06. The Kier molecular flexibility index (Phi) is 4.29. The Morgan fingerprint density at radius 1 is 1.38 bits per heavy atom. The van der Waals surface area contributed by atoms with Crippen molar-refractivity contribution in [2.75, 3.05) is 13.1 Å². The highest BCUT2D eigenvalue weighted by Crippen LogP contribution is 2.20. The Morgan fingerprint density at radius 3 is 3.05 bits per heavy atom. The van der Waals surface area contributed by atoms with Crippen molar-refractivity contribution in [2.45, 2.75) is 39.5 Å². The van der Waals surface area contributed by atoms with Crippen LogP contribution in [0.3, 0.4) is 0 Å². The van der Waals surface area contributed by atoms with E-state index >= 15 is 0 Å². The summed E-state index contributed by atoms with van der Waals surface area (Å²) < 4.78 is 5.37. The topological polar surface area (TPSA) is 63.8 Å². The first-order valence-electron chi connectivity index (χ1n) is 7.69. The maximum Gasteiger partial charge on any atom is 0.227 e. The Hall–Kier alpha value is -1.75. The SMILES string of the molecule is Cc1cnc(-c2noc(CCC3CCCNC3)n2)c(C)c1. The van der Waals surface area contributed by atoms with Crippen LogP contribution in [0.25, 0.3) is 11.5 Å². The highest BCUT2D eigenvalue weighted by molar-refractivity contribution is 5.53. The van der Waals surface area contributed by atoms with Crippen molar-refractivity contribution < 1.29 is 4.52 Å². The van der Waals surface area contributed by atoms with Gasteiger partial charge < -0.3 is 9.84 Å². The number of nitrogens with one attached hydrogen (secondary N) is 1. The number of nitrogens with zero attached hydrogens (tertiary/aromatic N) is 3. The van der Waals surface area contributed by atoms with Gasteiger partial charge in [-0.2, -0.15) is 4.98 Å². The first-order chi connectivity index (χ1) is 10.2. The van der Waals surface area contributed by atoms with E-state index in [1.54, 1.807) is 0 Å². The summed E-state index contributed by atoms with van der Waals surface area (Å²) in [5, 5.41) is 7.51. The van der Waals surface area contributed by atoms with Gasteiger partial charge in [0.15, 0.2) is 0 Å². The predicted molar refractivity (Wildman–Crippen MR) is 80.9 cm³/mol. The molecule has 0 radical (unpaired) electrons. The van der Waals surface area contributed by atoms with Crippen molar-refractivity contribution in [3.8, 4) is 11.5 Å². The monoisotopic (exact) mass is 286 g/mol. The number of piperidine rings is 1. The van der Waals surface area contributed by atoms with Crippen LogP contribution in [0.1, 0.15) is 36.3 Å². The average Bonchev–Trinajstić information content (AvgIpc) is 2.95. The minimum atomic E-state index is 0.601. The standard InChI is InChI=1S/C16H22N4O/c1-11-8-12(2)15(18-9-11)16-19-14(21-20-16)6-5-13-4-3-7-17-10-13/h8-9,13,17H,3-7,10H2,1-2H3. The second-order valence-corrected chi connectivity index (χ2v) is 5.94. The van der Waals surface area contributed by atoms with Crippen LogP contribution < -0.4 is 5.32 Å². The van der Waals surface area contributed by atoms with Gasteiger partial charge in [-0.1, -0.05) is 11.2 Å². The molecule has 1 unspecified atom stereocenters. The molecule has 1 N–H and O–H groups in total. The van der Waals surface area contributed by atoms with Gasteiger partial charge in [0.05, 0.1) is 0 Å². The van der Waals surface area contributed by atoms with E-state index in [-0.39, 0.29) is 0 Å². The van der Waals surface area contributed by atoms with Crippen LogP contribution in [0.2, 0.25) is 0 Å². The number of hydrogen-bond acceptors (Lipinski definition) is 5. The molecule has 2 aromatic heterocycles. The summed E-state index contributed by atoms with van der Waals surface area (Å²) in [5.74, 6) is 2.05. The molecule has 21 heavy (non-hydrogen) atoms. The minimum absolute atomic E-state index is 0.601. The number of pyridine rings is 1. The zero-order valence-corrected chi connectivity index (χ0v) is 12.7. The molecule has 0 aromatic carbocycles. The van der Waals surface area contributed by atoms with Crippen LogP contribution in [-0.2, 0) is 6.42 Å². The molecule has 0 aliphatic carbocycles. The van der Waals surface area contributed by atoms with E-state index < -0.39 is 0 Å². The quantitative estimate of drug-likeness (QED) is 0.936. The van der Waals surface area contributed by atoms with E-state index in [4.69, 9.17) is 4.52 Å². The van der Waals surface area contributed by atoms with Crippen LogP contribution in [0.4, 0.5) is 0 Å². The molecule has 3 heterocycles. The summed E-state index contributed by atoms with van der Waals surface area (Å²) in [4.78, 5) is 8.91. The van der Waals surface area contributed by atoms with Gasteiger partial charge in [0, 0.05) is 12.6 Å². The molecule has 1 aliphatic heterocycles. The van der Waals surface area contributed by atoms with Gasteiger partial charge in [-0.3, -0.25) is 4.98 Å². The predicted octanol–water partition coefficient (Wildman–Crippen LogP) is 2.68. The third-order valence-electron chi connectivity index (χ3n) is 4.06. The second kappa shape index (κ2) is 6.35. The Balaban J connectivity index is 1.65. The lowest BCUT2D eigenvalue weighted by atomic mass is 9.95. The van der Waals surface area contributed by atoms with Gasteiger partial charge in [-0.25, -0.2) is 0 Å². The summed E-state index contributed by atoms with van der Waals surface area (Å²) in [7, 11) is 0. The van der Waals surface area contributed by atoms with Crippen LogP contribution >= 0.6 is 0 Å². The molecule has 112 valence electrons. The molecule has 3 rings (SSSR count). The molecule has 1 atom stereocenters. The molecule has 0 amide bonds. The maximum absolute atomic E-state index is 5.37. The van der Waals surface area contributed by atoms with Crippen LogP contribution in [0, 0.1) is 19.8 Å². The Bertz CT molecular complexity index is 602. The first kappa shape index (κ1) is 14.2. The van der Waals surface area contributed by atoms with Gasteiger partial charge in [0.2, 0.25) is 11.7 Å². The van der Waals surface area contributed by atoms with Crippen LogP contribution in [0.5, 0.6) is 0 Å². The molecule has 5 heteroatoms. The van der Waals surface area contributed by atoms with Gasteiger partial charge in [-0.15, -0.1) is 0 Å². The Labute approximate surface area is 125 Å². The summed E-state index contributed by atoms with van der Waals surface area (Å²) in [6.45, 7) is 6.32. The molecular weight excluding hydrogens is 264 g/mol. The molecule has 5 nitrogen and oxygen atoms in total. The minimum Gasteiger partial charge on any atom is -0.339 e. The smallest absolute Gasteiger partial charge is 0.227 e. The zero-order valence-electron chi connectivity index (χ0n) is 12.7. The van der Waals surface area contributed by atoms with E-state index in [1.165, 1.54) is 12.8 Å². The lowest BCUT2D eigenvalue weighted by Gasteiger charge is -2.21. The van der Waals surface area contributed by atoms with Crippen LogP contribution in [-0.4, -0.2) is 28.2 Å². The fourth-order valence-electron chi connectivity index (χ4n) is 2.90. The van der Waals surface area contributed by atoms with Crippen molar-refractivity contribution in [3.63, 3.8) is 0 Å². The van der Waals surface area contributed by atoms with Gasteiger partial charge in [0.1, 0.15) is 5.69 Å². The summed E-state index contributed by atoms with van der Waals surface area (Å²) in [6.07, 6.45) is 6.37. The highest BCUT2D eigenvalue weighted by atomic mass is 16.5. The van der Waals surface area contributed by atoms with Gasteiger partial charge in [-0.05, 0) is 63.2 Å². The maximum atomic E-state index is 5.37. The molecule has 1 fully saturated rings. The van der Waals surface area contributed by atoms with Crippen molar-refractivity contribution in [1.82, 2.24) is 20.4 Å². The normalized spacial score (nSPS) is 18.9. The van der Waals surface area contributed by atoms with Crippen molar-refractivity contribution >= 4 is 0 Å². The fourth-order valence-corrected chi connectivity index (χ4v) is 2.90. The van der Waals surface area contributed by atoms with Gasteiger partial charge >= 0.3 is 0 Å². The highest BCUT2D eigenvalue weighted by Gasteiger charge is 2.16. The van der Waals surface area contributed by atoms with E-state index in [2.05, 4.69) is 26.5 Å². The largest absolute Gasteiger partial charge is 0.339 e. The van der Waals surface area contributed by atoms with Crippen molar-refractivity contribution in [2.24, 2.45) is 5.92 Å². The number of hydrogen-bond donors (Lipinski definition) is 1. The number of aryl methyl sites for hydroxylation is 3. The first-order valence-corrected chi connectivity index (χ1v) is 7.69. The molecule has 1 aliphatic rings. The number of rotatable bonds is 4. The molecule has 0 saturated carbocycles. The molecular formula is C16H22N4O. The van der Waals surface area contributed by atoms with E-state index in [9.17, 15) is 0 Å². The molecule has 0 bridgehead atoms. The Morgan fingerprint density at radius 2 is 2.29 bits per heavy atom. The fraction of sp³-hybridized carbons (Fsp3) is 0.562. The van der Waals surface area contributed by atoms with E-state index in [1.807, 2.05) is 20.0 Å². The van der Waals surface area contributed by atoms with Gasteiger partial charge in [0.25, 0.3) is 0 Å². The van der Waals surface area contributed by atoms with E-state index in [0.717, 1.165) is 54.6 Å². The summed E-state index contributed by atoms with van der Waals surface area (Å²) in [5.41, 5.74) is 3.04. The van der Waals surface area contributed by atoms with E-state index in [0.29, 0.717) is 5.82 Å². The zero-order chi connectivity index (χ0) is 14.7.